The molecule has 1 aromatic heterocycles. The SMILES string of the molecule is C[C@@](O)(CNC(=O)c1cc(N2CCCCC2)ncn1)C(F)(F)F. The maximum Gasteiger partial charge on any atom is 0.418 e. The first-order valence-electron chi connectivity index (χ1n) is 7.35. The first kappa shape index (κ1) is 17.5. The van der Waals surface area contributed by atoms with Crippen LogP contribution in [-0.2, 0) is 0 Å². The Labute approximate surface area is 131 Å². The van der Waals surface area contributed by atoms with Gasteiger partial charge in [0.25, 0.3) is 5.91 Å². The van der Waals surface area contributed by atoms with E-state index in [1.54, 1.807) is 0 Å². The van der Waals surface area contributed by atoms with Gasteiger partial charge in [0.1, 0.15) is 17.8 Å². The van der Waals surface area contributed by atoms with Crippen LogP contribution in [-0.4, -0.2) is 52.4 Å². The van der Waals surface area contributed by atoms with Crippen LogP contribution in [0.5, 0.6) is 0 Å². The Morgan fingerprint density at radius 2 is 1.96 bits per heavy atom. The van der Waals surface area contributed by atoms with Crippen LogP contribution in [0.15, 0.2) is 12.4 Å². The third-order valence-corrected chi connectivity index (χ3v) is 3.77. The van der Waals surface area contributed by atoms with E-state index in [2.05, 4.69) is 15.3 Å². The number of halogens is 3. The summed E-state index contributed by atoms with van der Waals surface area (Å²) < 4.78 is 37.7. The second-order valence-electron chi connectivity index (χ2n) is 5.76. The van der Waals surface area contributed by atoms with Gasteiger partial charge in [-0.3, -0.25) is 4.79 Å². The summed E-state index contributed by atoms with van der Waals surface area (Å²) >= 11 is 0. The van der Waals surface area contributed by atoms with Crippen LogP contribution in [0.25, 0.3) is 0 Å². The highest BCUT2D eigenvalue weighted by atomic mass is 19.4. The maximum atomic E-state index is 12.6. The van der Waals surface area contributed by atoms with Gasteiger partial charge in [-0.25, -0.2) is 9.97 Å². The lowest BCUT2D eigenvalue weighted by molar-refractivity contribution is -0.249. The Morgan fingerprint density at radius 3 is 2.57 bits per heavy atom. The Balaban J connectivity index is 2.02. The summed E-state index contributed by atoms with van der Waals surface area (Å²) in [7, 11) is 0. The number of amides is 1. The second kappa shape index (κ2) is 6.69. The molecule has 2 heterocycles. The number of hydrogen-bond acceptors (Lipinski definition) is 5. The number of aliphatic hydroxyl groups is 1. The van der Waals surface area contributed by atoms with Crippen LogP contribution < -0.4 is 10.2 Å². The van der Waals surface area contributed by atoms with Gasteiger partial charge in [0, 0.05) is 19.2 Å². The highest BCUT2D eigenvalue weighted by Gasteiger charge is 2.49. The Morgan fingerprint density at radius 1 is 1.30 bits per heavy atom. The molecule has 0 aromatic carbocycles. The number of rotatable bonds is 4. The highest BCUT2D eigenvalue weighted by molar-refractivity contribution is 5.92. The Kier molecular flexibility index (Phi) is 5.08. The molecule has 1 aliphatic rings. The highest BCUT2D eigenvalue weighted by Crippen LogP contribution is 2.29. The molecule has 1 aromatic rings. The first-order chi connectivity index (χ1) is 10.7. The van der Waals surface area contributed by atoms with Crippen LogP contribution in [0, 0.1) is 0 Å². The summed E-state index contributed by atoms with van der Waals surface area (Å²) in [6.45, 7) is 1.30. The third kappa shape index (κ3) is 4.31. The summed E-state index contributed by atoms with van der Waals surface area (Å²) in [4.78, 5) is 21.8. The van der Waals surface area contributed by atoms with E-state index in [0.29, 0.717) is 12.7 Å². The molecule has 0 bridgehead atoms. The number of nitrogens with one attached hydrogen (secondary N) is 1. The fourth-order valence-electron chi connectivity index (χ4n) is 2.21. The largest absolute Gasteiger partial charge is 0.418 e. The Bertz CT molecular complexity index is 557. The van der Waals surface area contributed by atoms with Gasteiger partial charge in [-0.1, -0.05) is 0 Å². The zero-order valence-corrected chi connectivity index (χ0v) is 12.7. The van der Waals surface area contributed by atoms with Gasteiger partial charge in [0.05, 0.1) is 6.54 Å². The molecule has 2 rings (SSSR count). The average molecular weight is 332 g/mol. The van der Waals surface area contributed by atoms with Crippen LogP contribution in [0.2, 0.25) is 0 Å². The summed E-state index contributed by atoms with van der Waals surface area (Å²) in [6.07, 6.45) is -0.424. The first-order valence-corrected chi connectivity index (χ1v) is 7.35. The van der Waals surface area contributed by atoms with Crippen molar-refractivity contribution < 1.29 is 23.1 Å². The van der Waals surface area contributed by atoms with Gasteiger partial charge in [-0.2, -0.15) is 13.2 Å². The van der Waals surface area contributed by atoms with Gasteiger partial charge in [0.15, 0.2) is 5.60 Å². The van der Waals surface area contributed by atoms with Gasteiger partial charge < -0.3 is 15.3 Å². The molecule has 23 heavy (non-hydrogen) atoms. The number of carbonyl (C=O) groups is 1. The average Bonchev–Trinajstić information content (AvgIpc) is 2.52. The normalized spacial score (nSPS) is 18.4. The van der Waals surface area contributed by atoms with Crippen LogP contribution in [0.1, 0.15) is 36.7 Å². The topological polar surface area (TPSA) is 78.4 Å². The van der Waals surface area contributed by atoms with Crippen molar-refractivity contribution >= 4 is 11.7 Å². The van der Waals surface area contributed by atoms with E-state index in [1.807, 2.05) is 4.90 Å². The number of alkyl halides is 3. The molecule has 1 amide bonds. The zero-order chi connectivity index (χ0) is 17.1. The lowest BCUT2D eigenvalue weighted by Gasteiger charge is -2.28. The van der Waals surface area contributed by atoms with Crippen molar-refractivity contribution in [2.45, 2.75) is 38.0 Å². The van der Waals surface area contributed by atoms with E-state index >= 15 is 0 Å². The third-order valence-electron chi connectivity index (χ3n) is 3.77. The molecule has 0 radical (unpaired) electrons. The predicted molar refractivity (Wildman–Crippen MR) is 77.1 cm³/mol. The number of carbonyl (C=O) groups excluding carboxylic acids is 1. The summed E-state index contributed by atoms with van der Waals surface area (Å²) in [5.74, 6) is -0.206. The number of piperidine rings is 1. The fraction of sp³-hybridized carbons (Fsp3) is 0.643. The quantitative estimate of drug-likeness (QED) is 0.874. The lowest BCUT2D eigenvalue weighted by Crippen LogP contribution is -2.51. The number of nitrogens with zero attached hydrogens (tertiary/aromatic N) is 3. The summed E-state index contributed by atoms with van der Waals surface area (Å²) in [5, 5.41) is 11.4. The predicted octanol–water partition coefficient (Wildman–Crippen LogP) is 1.51. The molecule has 1 saturated heterocycles. The van der Waals surface area contributed by atoms with Crippen LogP contribution >= 0.6 is 0 Å². The van der Waals surface area contributed by atoms with Crippen molar-refractivity contribution in [1.29, 1.82) is 0 Å². The van der Waals surface area contributed by atoms with Crippen LogP contribution in [0.3, 0.4) is 0 Å². The molecule has 2 N–H and O–H groups in total. The van der Waals surface area contributed by atoms with Crippen molar-refractivity contribution in [3.05, 3.63) is 18.1 Å². The molecule has 0 spiro atoms. The van der Waals surface area contributed by atoms with E-state index in [0.717, 1.165) is 32.4 Å². The summed E-state index contributed by atoms with van der Waals surface area (Å²) in [5.41, 5.74) is -3.02. The molecule has 0 unspecified atom stereocenters. The van der Waals surface area contributed by atoms with E-state index in [1.165, 1.54) is 12.4 Å². The Hall–Kier alpha value is -1.90. The number of hydrogen-bond donors (Lipinski definition) is 2. The molecule has 6 nitrogen and oxygen atoms in total. The minimum Gasteiger partial charge on any atom is -0.379 e. The van der Waals surface area contributed by atoms with E-state index in [-0.39, 0.29) is 5.69 Å². The molecular formula is C14H19F3N4O2. The fourth-order valence-corrected chi connectivity index (χ4v) is 2.21. The minimum atomic E-state index is -4.83. The van der Waals surface area contributed by atoms with Gasteiger partial charge in [-0.15, -0.1) is 0 Å². The second-order valence-corrected chi connectivity index (χ2v) is 5.76. The van der Waals surface area contributed by atoms with Crippen LogP contribution in [0.4, 0.5) is 19.0 Å². The molecule has 128 valence electrons. The maximum absolute atomic E-state index is 12.6. The molecule has 1 aliphatic heterocycles. The molecule has 1 fully saturated rings. The van der Waals surface area contributed by atoms with Gasteiger partial charge in [0.2, 0.25) is 0 Å². The number of aromatic nitrogens is 2. The van der Waals surface area contributed by atoms with E-state index in [4.69, 9.17) is 0 Å². The number of anilines is 1. The van der Waals surface area contributed by atoms with Crippen molar-refractivity contribution in [3.8, 4) is 0 Å². The standard InChI is InChI=1S/C14H19F3N4O2/c1-13(23,14(15,16)17)8-18-12(22)10-7-11(20-9-19-10)21-5-3-2-4-6-21/h7,9,23H,2-6,8H2,1H3,(H,18,22)/t13-/m1/s1. The molecular weight excluding hydrogens is 313 g/mol. The smallest absolute Gasteiger partial charge is 0.379 e. The van der Waals surface area contributed by atoms with Gasteiger partial charge >= 0.3 is 6.18 Å². The van der Waals surface area contributed by atoms with Crippen molar-refractivity contribution in [3.63, 3.8) is 0 Å². The van der Waals surface area contributed by atoms with Crippen molar-refractivity contribution in [1.82, 2.24) is 15.3 Å². The monoisotopic (exact) mass is 332 g/mol. The minimum absolute atomic E-state index is 0.0291. The van der Waals surface area contributed by atoms with Crippen molar-refractivity contribution in [2.24, 2.45) is 0 Å². The molecule has 0 saturated carbocycles. The summed E-state index contributed by atoms with van der Waals surface area (Å²) in [6, 6.07) is 1.45. The van der Waals surface area contributed by atoms with Crippen molar-refractivity contribution in [2.75, 3.05) is 24.5 Å². The van der Waals surface area contributed by atoms with E-state index in [9.17, 15) is 23.1 Å². The molecule has 9 heteroatoms. The van der Waals surface area contributed by atoms with E-state index < -0.39 is 24.2 Å². The zero-order valence-electron chi connectivity index (χ0n) is 12.7. The van der Waals surface area contributed by atoms with Gasteiger partial charge in [-0.05, 0) is 26.2 Å². The molecule has 0 aliphatic carbocycles. The molecule has 1 atom stereocenters. The lowest BCUT2D eigenvalue weighted by atomic mass is 10.1.